The Kier molecular flexibility index (Phi) is 5.55. The summed E-state index contributed by atoms with van der Waals surface area (Å²) in [5.41, 5.74) is 0.191. The van der Waals surface area contributed by atoms with E-state index in [1.807, 2.05) is 0 Å². The molecule has 138 valence electrons. The molecule has 1 N–H and O–H groups in total. The SMILES string of the molecule is O=c1onc(-c2nonc2OCCNS(=O)[O-])n1-c1ccc(F)c(Br)c1. The third kappa shape index (κ3) is 3.87. The summed E-state index contributed by atoms with van der Waals surface area (Å²) in [7, 11) is 0. The van der Waals surface area contributed by atoms with Crippen molar-refractivity contribution in [3.05, 3.63) is 39.0 Å². The highest BCUT2D eigenvalue weighted by Gasteiger charge is 2.24. The summed E-state index contributed by atoms with van der Waals surface area (Å²) in [5.74, 6) is -1.59. The lowest BCUT2D eigenvalue weighted by Gasteiger charge is -2.07. The fourth-order valence-electron chi connectivity index (χ4n) is 1.94. The van der Waals surface area contributed by atoms with E-state index in [0.717, 1.165) is 10.6 Å². The second-order valence-electron chi connectivity index (χ2n) is 4.60. The van der Waals surface area contributed by atoms with E-state index in [-0.39, 0.29) is 40.7 Å². The van der Waals surface area contributed by atoms with Gasteiger partial charge in [-0.15, -0.1) is 0 Å². The van der Waals surface area contributed by atoms with E-state index in [2.05, 4.69) is 45.3 Å². The average molecular weight is 449 g/mol. The van der Waals surface area contributed by atoms with Crippen LogP contribution < -0.4 is 15.2 Å². The van der Waals surface area contributed by atoms with Crippen LogP contribution in [0, 0.1) is 5.82 Å². The lowest BCUT2D eigenvalue weighted by molar-refractivity contribution is 0.258. The van der Waals surface area contributed by atoms with E-state index in [9.17, 15) is 17.9 Å². The molecule has 0 bridgehead atoms. The molecule has 1 unspecified atom stereocenters. The van der Waals surface area contributed by atoms with Crippen molar-refractivity contribution in [2.75, 3.05) is 13.2 Å². The van der Waals surface area contributed by atoms with Gasteiger partial charge in [-0.2, -0.15) is 0 Å². The third-order valence-electron chi connectivity index (χ3n) is 3.00. The highest BCUT2D eigenvalue weighted by Crippen LogP contribution is 2.27. The number of aromatic nitrogens is 4. The van der Waals surface area contributed by atoms with Gasteiger partial charge in [0.2, 0.25) is 11.5 Å². The Morgan fingerprint density at radius 2 is 2.19 bits per heavy atom. The van der Waals surface area contributed by atoms with Crippen molar-refractivity contribution < 1.29 is 27.0 Å². The first-order valence-electron chi connectivity index (χ1n) is 6.80. The van der Waals surface area contributed by atoms with Gasteiger partial charge >= 0.3 is 5.76 Å². The van der Waals surface area contributed by atoms with Crippen LogP contribution in [0.3, 0.4) is 0 Å². The van der Waals surface area contributed by atoms with Crippen molar-refractivity contribution in [1.82, 2.24) is 24.8 Å². The molecule has 1 aromatic carbocycles. The van der Waals surface area contributed by atoms with Crippen molar-refractivity contribution in [3.8, 4) is 23.1 Å². The van der Waals surface area contributed by atoms with E-state index in [1.54, 1.807) is 0 Å². The summed E-state index contributed by atoms with van der Waals surface area (Å²) in [6.07, 6.45) is 0. The van der Waals surface area contributed by atoms with E-state index in [4.69, 9.17) is 4.74 Å². The zero-order valence-corrected chi connectivity index (χ0v) is 15.0. The van der Waals surface area contributed by atoms with Crippen LogP contribution in [-0.4, -0.2) is 42.0 Å². The first-order chi connectivity index (χ1) is 12.5. The summed E-state index contributed by atoms with van der Waals surface area (Å²) >= 11 is 0.596. The van der Waals surface area contributed by atoms with Gasteiger partial charge in [-0.3, -0.25) is 8.73 Å². The van der Waals surface area contributed by atoms with Crippen molar-refractivity contribution in [3.63, 3.8) is 0 Å². The maximum Gasteiger partial charge on any atom is 0.446 e. The topological polar surface area (TPSA) is 148 Å². The highest BCUT2D eigenvalue weighted by molar-refractivity contribution is 9.10. The molecule has 0 saturated carbocycles. The number of nitrogens with one attached hydrogen (secondary N) is 1. The number of benzene rings is 1. The average Bonchev–Trinajstić information content (AvgIpc) is 3.20. The second-order valence-corrected chi connectivity index (χ2v) is 6.21. The molecule has 14 heteroatoms. The van der Waals surface area contributed by atoms with Crippen molar-refractivity contribution >= 4 is 27.2 Å². The lowest BCUT2D eigenvalue weighted by Crippen LogP contribution is -2.23. The largest absolute Gasteiger partial charge is 0.760 e. The minimum absolute atomic E-state index is 0.0288. The Balaban J connectivity index is 1.92. The second kappa shape index (κ2) is 7.86. The van der Waals surface area contributed by atoms with Gasteiger partial charge in [-0.25, -0.2) is 23.1 Å². The van der Waals surface area contributed by atoms with Gasteiger partial charge < -0.3 is 9.29 Å². The molecule has 0 spiro atoms. The Morgan fingerprint density at radius 3 is 2.92 bits per heavy atom. The molecule has 0 aliphatic heterocycles. The van der Waals surface area contributed by atoms with Crippen LogP contribution in [0.2, 0.25) is 0 Å². The first-order valence-corrected chi connectivity index (χ1v) is 8.67. The Morgan fingerprint density at radius 1 is 1.38 bits per heavy atom. The maximum atomic E-state index is 13.4. The molecule has 0 aliphatic carbocycles. The van der Waals surface area contributed by atoms with E-state index in [1.165, 1.54) is 12.1 Å². The number of rotatable bonds is 7. The number of nitrogens with zero attached hydrogens (tertiary/aromatic N) is 4. The fourth-order valence-corrected chi connectivity index (χ4v) is 2.55. The molecule has 2 heterocycles. The Bertz CT molecular complexity index is 1000. The summed E-state index contributed by atoms with van der Waals surface area (Å²) in [6.45, 7) is -0.113. The molecule has 2 aromatic heterocycles. The summed E-state index contributed by atoms with van der Waals surface area (Å²) in [5, 5.41) is 10.8. The molecular weight excluding hydrogens is 441 g/mol. The molecule has 3 rings (SSSR count). The number of ether oxygens (including phenoxy) is 1. The third-order valence-corrected chi connectivity index (χ3v) is 4.04. The van der Waals surface area contributed by atoms with Crippen LogP contribution in [0.1, 0.15) is 0 Å². The smallest absolute Gasteiger partial charge is 0.446 e. The number of halogens is 2. The van der Waals surface area contributed by atoms with E-state index >= 15 is 0 Å². The highest BCUT2D eigenvalue weighted by atomic mass is 79.9. The van der Waals surface area contributed by atoms with Crippen molar-refractivity contribution in [2.24, 2.45) is 0 Å². The van der Waals surface area contributed by atoms with Gasteiger partial charge in [0.05, 0.1) is 10.2 Å². The molecule has 0 amide bonds. The Labute approximate surface area is 154 Å². The monoisotopic (exact) mass is 448 g/mol. The normalized spacial score (nSPS) is 12.3. The van der Waals surface area contributed by atoms with E-state index < -0.39 is 22.8 Å². The molecule has 0 fully saturated rings. The molecule has 0 aliphatic rings. The molecule has 11 nitrogen and oxygen atoms in total. The maximum absolute atomic E-state index is 13.4. The van der Waals surface area contributed by atoms with Crippen LogP contribution in [0.5, 0.6) is 5.88 Å². The molecule has 0 saturated heterocycles. The molecule has 1 atom stereocenters. The van der Waals surface area contributed by atoms with Gasteiger partial charge in [0, 0.05) is 17.8 Å². The van der Waals surface area contributed by atoms with Crippen LogP contribution in [0.25, 0.3) is 17.2 Å². The van der Waals surface area contributed by atoms with Gasteiger partial charge in [-0.05, 0) is 44.4 Å². The molecule has 0 radical (unpaired) electrons. The minimum atomic E-state index is -2.43. The summed E-state index contributed by atoms with van der Waals surface area (Å²) < 4.78 is 52.0. The van der Waals surface area contributed by atoms with Crippen LogP contribution in [0.4, 0.5) is 4.39 Å². The fraction of sp³-hybridized carbons (Fsp3) is 0.167. The van der Waals surface area contributed by atoms with Crippen LogP contribution in [0.15, 0.2) is 36.6 Å². The molecular formula is C12H8BrFN5O6S-. The van der Waals surface area contributed by atoms with E-state index in [0.29, 0.717) is 0 Å². The predicted octanol–water partition coefficient (Wildman–Crippen LogP) is 0.540. The van der Waals surface area contributed by atoms with Crippen molar-refractivity contribution in [1.29, 1.82) is 0 Å². The summed E-state index contributed by atoms with van der Waals surface area (Å²) in [6, 6.07) is 3.83. The van der Waals surface area contributed by atoms with Crippen LogP contribution >= 0.6 is 15.9 Å². The molecule has 3 aromatic rings. The Hall–Kier alpha value is -2.42. The van der Waals surface area contributed by atoms with Crippen molar-refractivity contribution in [2.45, 2.75) is 0 Å². The number of hydrogen-bond donors (Lipinski definition) is 1. The zero-order chi connectivity index (χ0) is 18.7. The van der Waals surface area contributed by atoms with Gasteiger partial charge in [0.1, 0.15) is 12.4 Å². The van der Waals surface area contributed by atoms with Gasteiger partial charge in [0.25, 0.3) is 5.88 Å². The zero-order valence-electron chi connectivity index (χ0n) is 12.5. The quantitative estimate of drug-likeness (QED) is 0.403. The predicted molar refractivity (Wildman–Crippen MR) is 85.5 cm³/mol. The van der Waals surface area contributed by atoms with Crippen LogP contribution in [-0.2, 0) is 11.3 Å². The standard InChI is InChI=1S/C12H9BrFN5O6S/c13-7-5-6(1-2-8(7)14)19-10(17-24-12(19)20)9-11(18-25-16-9)23-4-3-15-26(21)22/h1-2,5,15H,3-4H2,(H,21,22)/p-1. The minimum Gasteiger partial charge on any atom is -0.760 e. The summed E-state index contributed by atoms with van der Waals surface area (Å²) in [4.78, 5) is 12.0. The van der Waals surface area contributed by atoms with Gasteiger partial charge in [0.15, 0.2) is 0 Å². The first kappa shape index (κ1) is 18.4. The molecule has 26 heavy (non-hydrogen) atoms. The van der Waals surface area contributed by atoms with Gasteiger partial charge in [-0.1, -0.05) is 5.16 Å². The lowest BCUT2D eigenvalue weighted by atomic mass is 10.3. The number of hydrogen-bond acceptors (Lipinski definition) is 9.